The summed E-state index contributed by atoms with van der Waals surface area (Å²) in [6.45, 7) is 2.65. The number of rotatable bonds is 6. The van der Waals surface area contributed by atoms with Crippen molar-refractivity contribution in [1.29, 1.82) is 0 Å². The van der Waals surface area contributed by atoms with Crippen LogP contribution in [0.5, 0.6) is 0 Å². The fourth-order valence-corrected chi connectivity index (χ4v) is 4.30. The molecular weight excluding hydrogens is 264 g/mol. The van der Waals surface area contributed by atoms with Crippen molar-refractivity contribution in [3.05, 3.63) is 0 Å². The van der Waals surface area contributed by atoms with Gasteiger partial charge in [-0.25, -0.2) is 0 Å². The lowest BCUT2D eigenvalue weighted by Crippen LogP contribution is -2.52. The Labute approximate surface area is 128 Å². The number of likely N-dealkylation sites (tertiary alicyclic amines) is 1. The van der Waals surface area contributed by atoms with Crippen LogP contribution >= 0.6 is 0 Å². The second-order valence-electron chi connectivity index (χ2n) is 7.12. The Balaban J connectivity index is 1.57. The minimum absolute atomic E-state index is 0.228. The Hall–Kier alpha value is -0.610. The average molecular weight is 294 g/mol. The highest BCUT2D eigenvalue weighted by atomic mass is 16.3. The molecule has 2 saturated carbocycles. The van der Waals surface area contributed by atoms with Gasteiger partial charge in [-0.2, -0.15) is 0 Å². The molecule has 0 radical (unpaired) electrons. The van der Waals surface area contributed by atoms with Crippen molar-refractivity contribution in [3.63, 3.8) is 0 Å². The number of aliphatic hydroxyl groups is 1. The minimum atomic E-state index is 0.228. The van der Waals surface area contributed by atoms with Crippen molar-refractivity contribution in [2.75, 3.05) is 26.2 Å². The molecule has 120 valence electrons. The second kappa shape index (κ2) is 7.10. The molecule has 0 aromatic rings. The molecule has 3 rings (SSSR count). The van der Waals surface area contributed by atoms with Crippen LogP contribution in [-0.2, 0) is 4.79 Å². The third kappa shape index (κ3) is 3.78. The van der Waals surface area contributed by atoms with Crippen molar-refractivity contribution in [2.45, 2.75) is 69.9 Å². The predicted octanol–water partition coefficient (Wildman–Crippen LogP) is 2.01. The van der Waals surface area contributed by atoms with Crippen LogP contribution in [0.25, 0.3) is 0 Å². The van der Waals surface area contributed by atoms with Gasteiger partial charge in [-0.15, -0.1) is 0 Å². The van der Waals surface area contributed by atoms with Gasteiger partial charge in [0, 0.05) is 31.8 Å². The van der Waals surface area contributed by atoms with E-state index < -0.39 is 0 Å². The van der Waals surface area contributed by atoms with Gasteiger partial charge in [-0.1, -0.05) is 12.8 Å². The maximum atomic E-state index is 12.8. The molecule has 0 spiro atoms. The van der Waals surface area contributed by atoms with Crippen LogP contribution in [-0.4, -0.2) is 59.1 Å². The second-order valence-corrected chi connectivity index (χ2v) is 7.12. The number of nitrogens with zero attached hydrogens (tertiary/aromatic N) is 2. The number of hydrogen-bond acceptors (Lipinski definition) is 3. The Morgan fingerprint density at radius 2 is 1.86 bits per heavy atom. The SMILES string of the molecule is O=C(CN(CCCO)C1CC1)N1CCC[C@@H]2CCCC[C@@H]21. The minimum Gasteiger partial charge on any atom is -0.396 e. The number of carbonyl (C=O) groups is 1. The van der Waals surface area contributed by atoms with Gasteiger partial charge in [-0.3, -0.25) is 9.69 Å². The summed E-state index contributed by atoms with van der Waals surface area (Å²) in [4.78, 5) is 17.3. The molecule has 0 bridgehead atoms. The maximum Gasteiger partial charge on any atom is 0.237 e. The summed E-state index contributed by atoms with van der Waals surface area (Å²) in [5.41, 5.74) is 0. The molecule has 1 N–H and O–H groups in total. The van der Waals surface area contributed by atoms with E-state index in [1.807, 2.05) is 0 Å². The van der Waals surface area contributed by atoms with E-state index in [0.717, 1.165) is 25.4 Å². The van der Waals surface area contributed by atoms with Gasteiger partial charge in [0.05, 0.1) is 6.54 Å². The maximum absolute atomic E-state index is 12.8. The molecule has 1 amide bonds. The standard InChI is InChI=1S/C17H30N2O2/c20-12-4-10-18(15-8-9-15)13-17(21)19-11-3-6-14-5-1-2-7-16(14)19/h14-16,20H,1-13H2/t14-,16-/m0/s1. The molecule has 2 aliphatic carbocycles. The Kier molecular flexibility index (Phi) is 5.17. The molecule has 3 aliphatic rings. The Morgan fingerprint density at radius 1 is 1.10 bits per heavy atom. The third-order valence-corrected chi connectivity index (χ3v) is 5.57. The average Bonchev–Trinajstić information content (AvgIpc) is 3.35. The first-order valence-electron chi connectivity index (χ1n) is 8.94. The van der Waals surface area contributed by atoms with Crippen LogP contribution in [0.2, 0.25) is 0 Å². The number of carbonyl (C=O) groups excluding carboxylic acids is 1. The van der Waals surface area contributed by atoms with Gasteiger partial charge in [0.15, 0.2) is 0 Å². The van der Waals surface area contributed by atoms with Crippen molar-refractivity contribution in [2.24, 2.45) is 5.92 Å². The topological polar surface area (TPSA) is 43.8 Å². The summed E-state index contributed by atoms with van der Waals surface area (Å²) in [5, 5.41) is 9.03. The van der Waals surface area contributed by atoms with Gasteiger partial charge in [-0.05, 0) is 50.9 Å². The van der Waals surface area contributed by atoms with Gasteiger partial charge in [0.1, 0.15) is 0 Å². The van der Waals surface area contributed by atoms with Crippen molar-refractivity contribution >= 4 is 5.91 Å². The monoisotopic (exact) mass is 294 g/mol. The largest absolute Gasteiger partial charge is 0.396 e. The fraction of sp³-hybridized carbons (Fsp3) is 0.941. The summed E-state index contributed by atoms with van der Waals surface area (Å²) in [6, 6.07) is 1.13. The Bertz CT molecular complexity index is 355. The van der Waals surface area contributed by atoms with E-state index in [2.05, 4.69) is 9.80 Å². The molecule has 2 atom stereocenters. The predicted molar refractivity (Wildman–Crippen MR) is 83.0 cm³/mol. The first kappa shape index (κ1) is 15.3. The highest BCUT2D eigenvalue weighted by molar-refractivity contribution is 5.78. The van der Waals surface area contributed by atoms with Crippen LogP contribution < -0.4 is 0 Å². The van der Waals surface area contributed by atoms with Gasteiger partial charge in [0.25, 0.3) is 0 Å². The van der Waals surface area contributed by atoms with E-state index in [1.54, 1.807) is 0 Å². The van der Waals surface area contributed by atoms with Crippen LogP contribution in [0.15, 0.2) is 0 Å². The fourth-order valence-electron chi connectivity index (χ4n) is 4.30. The van der Waals surface area contributed by atoms with E-state index >= 15 is 0 Å². The van der Waals surface area contributed by atoms with Crippen molar-refractivity contribution in [3.8, 4) is 0 Å². The summed E-state index contributed by atoms with van der Waals surface area (Å²) in [5.74, 6) is 1.11. The van der Waals surface area contributed by atoms with Crippen LogP contribution in [0.1, 0.15) is 57.8 Å². The van der Waals surface area contributed by atoms with Crippen LogP contribution in [0.4, 0.5) is 0 Å². The number of fused-ring (bicyclic) bond motifs is 1. The highest BCUT2D eigenvalue weighted by Gasteiger charge is 2.37. The Morgan fingerprint density at radius 3 is 2.62 bits per heavy atom. The van der Waals surface area contributed by atoms with Crippen molar-refractivity contribution in [1.82, 2.24) is 9.80 Å². The molecule has 4 nitrogen and oxygen atoms in total. The lowest BCUT2D eigenvalue weighted by molar-refractivity contribution is -0.139. The van der Waals surface area contributed by atoms with Crippen LogP contribution in [0.3, 0.4) is 0 Å². The highest BCUT2D eigenvalue weighted by Crippen LogP contribution is 2.35. The zero-order chi connectivity index (χ0) is 14.7. The third-order valence-electron chi connectivity index (χ3n) is 5.57. The molecule has 0 aromatic carbocycles. The molecule has 1 heterocycles. The lowest BCUT2D eigenvalue weighted by atomic mass is 9.78. The summed E-state index contributed by atoms with van der Waals surface area (Å²) in [7, 11) is 0. The molecule has 0 unspecified atom stereocenters. The first-order chi connectivity index (χ1) is 10.3. The molecular formula is C17H30N2O2. The zero-order valence-electron chi connectivity index (χ0n) is 13.2. The summed E-state index contributed by atoms with van der Waals surface area (Å²) in [6.07, 6.45) is 10.9. The van der Waals surface area contributed by atoms with E-state index in [4.69, 9.17) is 5.11 Å². The molecule has 1 saturated heterocycles. The van der Waals surface area contributed by atoms with Gasteiger partial charge in [0.2, 0.25) is 5.91 Å². The normalized spacial score (nSPS) is 29.5. The number of piperidine rings is 1. The lowest BCUT2D eigenvalue weighted by Gasteiger charge is -2.44. The van der Waals surface area contributed by atoms with E-state index in [1.165, 1.54) is 51.4 Å². The van der Waals surface area contributed by atoms with Crippen LogP contribution in [0, 0.1) is 5.92 Å². The number of aliphatic hydroxyl groups excluding tert-OH is 1. The number of hydrogen-bond donors (Lipinski definition) is 1. The van der Waals surface area contributed by atoms with E-state index in [0.29, 0.717) is 24.5 Å². The molecule has 3 fully saturated rings. The van der Waals surface area contributed by atoms with Gasteiger partial charge < -0.3 is 10.0 Å². The first-order valence-corrected chi connectivity index (χ1v) is 8.94. The van der Waals surface area contributed by atoms with Crippen molar-refractivity contribution < 1.29 is 9.90 Å². The zero-order valence-corrected chi connectivity index (χ0v) is 13.2. The van der Waals surface area contributed by atoms with E-state index in [9.17, 15) is 4.79 Å². The smallest absolute Gasteiger partial charge is 0.237 e. The summed E-state index contributed by atoms with van der Waals surface area (Å²) < 4.78 is 0. The summed E-state index contributed by atoms with van der Waals surface area (Å²) >= 11 is 0. The quantitative estimate of drug-likeness (QED) is 0.815. The van der Waals surface area contributed by atoms with E-state index in [-0.39, 0.29) is 6.61 Å². The van der Waals surface area contributed by atoms with Gasteiger partial charge >= 0.3 is 0 Å². The molecule has 1 aliphatic heterocycles. The number of amides is 1. The molecule has 4 heteroatoms. The molecule has 21 heavy (non-hydrogen) atoms. The molecule has 0 aromatic heterocycles.